The molecule has 3 heteroatoms. The van der Waals surface area contributed by atoms with Gasteiger partial charge in [-0.25, -0.2) is 0 Å². The second-order valence-electron chi connectivity index (χ2n) is 3.97. The lowest BCUT2D eigenvalue weighted by atomic mass is 10.1. The molecule has 0 amide bonds. The van der Waals surface area contributed by atoms with E-state index in [9.17, 15) is 0 Å². The molecular formula is C12H15N3. The first kappa shape index (κ1) is 9.90. The lowest BCUT2D eigenvalue weighted by Gasteiger charge is -2.03. The van der Waals surface area contributed by atoms with Crippen LogP contribution >= 0.6 is 0 Å². The van der Waals surface area contributed by atoms with Crippen LogP contribution in [0.3, 0.4) is 0 Å². The summed E-state index contributed by atoms with van der Waals surface area (Å²) in [5.74, 6) is 0. The van der Waals surface area contributed by atoms with Crippen molar-refractivity contribution < 1.29 is 0 Å². The Labute approximate surface area is 89.8 Å². The molecular weight excluding hydrogens is 186 g/mol. The molecule has 0 aliphatic rings. The molecule has 0 aliphatic heterocycles. The fraction of sp³-hybridized carbons (Fsp3) is 0.333. The molecule has 0 unspecified atom stereocenters. The van der Waals surface area contributed by atoms with E-state index in [-0.39, 0.29) is 0 Å². The predicted octanol–water partition coefficient (Wildman–Crippen LogP) is 2.83. The molecule has 2 heterocycles. The zero-order valence-electron chi connectivity index (χ0n) is 9.31. The van der Waals surface area contributed by atoms with Crippen LogP contribution in [-0.4, -0.2) is 14.8 Å². The Bertz CT molecular complexity index is 443. The Hall–Kier alpha value is -1.64. The molecule has 0 saturated heterocycles. The lowest BCUT2D eigenvalue weighted by Crippen LogP contribution is -2.00. The van der Waals surface area contributed by atoms with E-state index in [4.69, 9.17) is 0 Å². The van der Waals surface area contributed by atoms with E-state index in [0.717, 1.165) is 11.3 Å². The van der Waals surface area contributed by atoms with Crippen LogP contribution in [0.5, 0.6) is 0 Å². The van der Waals surface area contributed by atoms with Crippen molar-refractivity contribution >= 4 is 0 Å². The van der Waals surface area contributed by atoms with Gasteiger partial charge in [-0.15, -0.1) is 0 Å². The first-order chi connectivity index (χ1) is 7.18. The van der Waals surface area contributed by atoms with Crippen LogP contribution in [0, 0.1) is 6.92 Å². The molecule has 0 radical (unpaired) electrons. The first-order valence-electron chi connectivity index (χ1n) is 5.14. The molecule has 78 valence electrons. The number of hydrogen-bond donors (Lipinski definition) is 0. The van der Waals surface area contributed by atoms with Crippen LogP contribution in [0.2, 0.25) is 0 Å². The van der Waals surface area contributed by atoms with E-state index in [2.05, 4.69) is 37.1 Å². The van der Waals surface area contributed by atoms with E-state index in [1.807, 2.05) is 16.8 Å². The Balaban J connectivity index is 2.45. The molecule has 0 N–H and O–H groups in total. The quantitative estimate of drug-likeness (QED) is 0.748. The molecule has 2 aromatic rings. The maximum atomic E-state index is 4.57. The maximum absolute atomic E-state index is 4.57. The van der Waals surface area contributed by atoms with Gasteiger partial charge in [0.2, 0.25) is 0 Å². The Kier molecular flexibility index (Phi) is 2.54. The molecule has 15 heavy (non-hydrogen) atoms. The third-order valence-electron chi connectivity index (χ3n) is 2.40. The van der Waals surface area contributed by atoms with Gasteiger partial charge < -0.3 is 0 Å². The fourth-order valence-corrected chi connectivity index (χ4v) is 1.54. The normalized spacial score (nSPS) is 10.9. The summed E-state index contributed by atoms with van der Waals surface area (Å²) in [5.41, 5.74) is 3.38. The van der Waals surface area contributed by atoms with E-state index < -0.39 is 0 Å². The molecule has 0 bridgehead atoms. The number of aromatic nitrogens is 3. The first-order valence-corrected chi connectivity index (χ1v) is 5.14. The molecule has 0 spiro atoms. The highest BCUT2D eigenvalue weighted by Gasteiger charge is 2.08. The molecule has 2 aromatic heterocycles. The van der Waals surface area contributed by atoms with Crippen LogP contribution in [-0.2, 0) is 0 Å². The summed E-state index contributed by atoms with van der Waals surface area (Å²) < 4.78 is 1.99. The van der Waals surface area contributed by atoms with Gasteiger partial charge in [-0.1, -0.05) is 0 Å². The summed E-state index contributed by atoms with van der Waals surface area (Å²) in [7, 11) is 0. The molecule has 0 atom stereocenters. The Morgan fingerprint density at radius 1 is 1.20 bits per heavy atom. The van der Waals surface area contributed by atoms with Gasteiger partial charge in [0, 0.05) is 30.2 Å². The highest BCUT2D eigenvalue weighted by Crippen LogP contribution is 2.21. The standard InChI is InChI=1S/C12H15N3/c1-9(2)15-8-10(3)12(14-15)11-4-6-13-7-5-11/h4-9H,1-3H3. The Morgan fingerprint density at radius 2 is 1.87 bits per heavy atom. The van der Waals surface area contributed by atoms with Crippen molar-refractivity contribution in [1.29, 1.82) is 0 Å². The van der Waals surface area contributed by atoms with Crippen molar-refractivity contribution in [3.8, 4) is 11.3 Å². The second kappa shape index (κ2) is 3.85. The van der Waals surface area contributed by atoms with Gasteiger partial charge in [0.1, 0.15) is 0 Å². The summed E-state index contributed by atoms with van der Waals surface area (Å²) in [6.45, 7) is 6.34. The average molecular weight is 201 g/mol. The van der Waals surface area contributed by atoms with Gasteiger partial charge in [-0.05, 0) is 38.5 Å². The molecule has 0 aliphatic carbocycles. The van der Waals surface area contributed by atoms with Crippen LogP contribution < -0.4 is 0 Å². The van der Waals surface area contributed by atoms with Crippen LogP contribution in [0.15, 0.2) is 30.7 Å². The van der Waals surface area contributed by atoms with Crippen molar-refractivity contribution in [1.82, 2.24) is 14.8 Å². The Morgan fingerprint density at radius 3 is 2.40 bits per heavy atom. The van der Waals surface area contributed by atoms with Gasteiger partial charge in [0.05, 0.1) is 5.69 Å². The van der Waals surface area contributed by atoms with Gasteiger partial charge >= 0.3 is 0 Å². The topological polar surface area (TPSA) is 30.7 Å². The number of nitrogens with zero attached hydrogens (tertiary/aromatic N) is 3. The monoisotopic (exact) mass is 201 g/mol. The third kappa shape index (κ3) is 1.91. The van der Waals surface area contributed by atoms with Crippen molar-refractivity contribution in [3.05, 3.63) is 36.3 Å². The lowest BCUT2D eigenvalue weighted by molar-refractivity contribution is 0.533. The minimum atomic E-state index is 0.402. The molecule has 0 fully saturated rings. The summed E-state index contributed by atoms with van der Waals surface area (Å²) in [4.78, 5) is 4.01. The van der Waals surface area contributed by atoms with Gasteiger partial charge in [-0.3, -0.25) is 9.67 Å². The van der Waals surface area contributed by atoms with Gasteiger partial charge in [0.25, 0.3) is 0 Å². The summed E-state index contributed by atoms with van der Waals surface area (Å²) in [6, 6.07) is 4.37. The van der Waals surface area contributed by atoms with E-state index in [1.54, 1.807) is 12.4 Å². The van der Waals surface area contributed by atoms with Gasteiger partial charge in [-0.2, -0.15) is 5.10 Å². The maximum Gasteiger partial charge on any atom is 0.0953 e. The number of hydrogen-bond acceptors (Lipinski definition) is 2. The van der Waals surface area contributed by atoms with E-state index in [1.165, 1.54) is 5.56 Å². The number of rotatable bonds is 2. The van der Waals surface area contributed by atoms with Gasteiger partial charge in [0.15, 0.2) is 0 Å². The zero-order chi connectivity index (χ0) is 10.8. The van der Waals surface area contributed by atoms with Crippen molar-refractivity contribution in [3.63, 3.8) is 0 Å². The number of pyridine rings is 1. The second-order valence-corrected chi connectivity index (χ2v) is 3.97. The van der Waals surface area contributed by atoms with Crippen molar-refractivity contribution in [2.24, 2.45) is 0 Å². The summed E-state index contributed by atoms with van der Waals surface area (Å²) in [6.07, 6.45) is 5.67. The molecule has 0 saturated carbocycles. The predicted molar refractivity (Wildman–Crippen MR) is 60.6 cm³/mol. The molecule has 2 rings (SSSR count). The molecule has 0 aromatic carbocycles. The zero-order valence-corrected chi connectivity index (χ0v) is 9.31. The van der Waals surface area contributed by atoms with Crippen LogP contribution in [0.4, 0.5) is 0 Å². The minimum Gasteiger partial charge on any atom is -0.269 e. The highest BCUT2D eigenvalue weighted by atomic mass is 15.3. The van der Waals surface area contributed by atoms with Crippen molar-refractivity contribution in [2.45, 2.75) is 26.8 Å². The largest absolute Gasteiger partial charge is 0.269 e. The average Bonchev–Trinajstić information content (AvgIpc) is 2.62. The highest BCUT2D eigenvalue weighted by molar-refractivity contribution is 5.61. The van der Waals surface area contributed by atoms with Crippen molar-refractivity contribution in [2.75, 3.05) is 0 Å². The SMILES string of the molecule is Cc1cn(C(C)C)nc1-c1ccncc1. The summed E-state index contributed by atoms with van der Waals surface area (Å²) in [5, 5.41) is 4.57. The van der Waals surface area contributed by atoms with E-state index >= 15 is 0 Å². The minimum absolute atomic E-state index is 0.402. The number of aryl methyl sites for hydroxylation is 1. The third-order valence-corrected chi connectivity index (χ3v) is 2.40. The molecule has 3 nitrogen and oxygen atoms in total. The fourth-order valence-electron chi connectivity index (χ4n) is 1.54. The summed E-state index contributed by atoms with van der Waals surface area (Å²) >= 11 is 0. The smallest absolute Gasteiger partial charge is 0.0953 e. The van der Waals surface area contributed by atoms with E-state index in [0.29, 0.717) is 6.04 Å². The van der Waals surface area contributed by atoms with Crippen LogP contribution in [0.1, 0.15) is 25.5 Å². The van der Waals surface area contributed by atoms with Crippen LogP contribution in [0.25, 0.3) is 11.3 Å².